The zero-order valence-electron chi connectivity index (χ0n) is 16.9. The lowest BCUT2D eigenvalue weighted by atomic mass is 10.1. The fourth-order valence-electron chi connectivity index (χ4n) is 4.23. The van der Waals surface area contributed by atoms with Crippen LogP contribution in [0.25, 0.3) is 0 Å². The summed E-state index contributed by atoms with van der Waals surface area (Å²) < 4.78 is 7.29. The molecule has 1 saturated heterocycles. The Morgan fingerprint density at radius 1 is 1.00 bits per heavy atom. The standard InChI is InChI=1S/C22H28N4O3/c1-29-18-12-5-4-10-16(18)23-21(27)19-17-11-6-9-15-26(17)20(24-19)22(28)25-13-7-2-3-8-14-25/h4-5,10,12H,2-3,6-9,11,13-15H2,1H3,(H,23,27). The van der Waals surface area contributed by atoms with E-state index in [4.69, 9.17) is 4.74 Å². The molecule has 0 atom stereocenters. The summed E-state index contributed by atoms with van der Waals surface area (Å²) in [7, 11) is 1.57. The summed E-state index contributed by atoms with van der Waals surface area (Å²) in [5.74, 6) is 0.656. The number of methoxy groups -OCH3 is 1. The molecule has 0 unspecified atom stereocenters. The summed E-state index contributed by atoms with van der Waals surface area (Å²) in [4.78, 5) is 32.7. The number of para-hydroxylation sites is 2. The van der Waals surface area contributed by atoms with Crippen LogP contribution in [-0.4, -0.2) is 46.5 Å². The molecule has 29 heavy (non-hydrogen) atoms. The number of amides is 2. The number of hydrogen-bond acceptors (Lipinski definition) is 4. The number of nitrogens with zero attached hydrogens (tertiary/aromatic N) is 3. The number of carbonyl (C=O) groups excluding carboxylic acids is 2. The van der Waals surface area contributed by atoms with Crippen LogP contribution in [0, 0.1) is 0 Å². The molecule has 4 rings (SSSR count). The van der Waals surface area contributed by atoms with Crippen molar-refractivity contribution in [3.8, 4) is 5.75 Å². The van der Waals surface area contributed by atoms with E-state index in [-0.39, 0.29) is 11.8 Å². The van der Waals surface area contributed by atoms with Gasteiger partial charge in [-0.05, 0) is 44.2 Å². The van der Waals surface area contributed by atoms with Crippen LogP contribution in [0.3, 0.4) is 0 Å². The van der Waals surface area contributed by atoms with Crippen molar-refractivity contribution in [3.05, 3.63) is 41.5 Å². The predicted molar refractivity (Wildman–Crippen MR) is 110 cm³/mol. The van der Waals surface area contributed by atoms with Crippen molar-refractivity contribution in [2.24, 2.45) is 0 Å². The van der Waals surface area contributed by atoms with Gasteiger partial charge in [-0.2, -0.15) is 0 Å². The summed E-state index contributed by atoms with van der Waals surface area (Å²) >= 11 is 0. The van der Waals surface area contributed by atoms with Crippen molar-refractivity contribution in [2.75, 3.05) is 25.5 Å². The number of ether oxygens (including phenoxy) is 1. The first-order valence-electron chi connectivity index (χ1n) is 10.5. The first-order chi connectivity index (χ1) is 14.2. The minimum atomic E-state index is -0.296. The first-order valence-corrected chi connectivity index (χ1v) is 10.5. The molecule has 2 aromatic rings. The minimum absolute atomic E-state index is 0.0496. The third-order valence-corrected chi connectivity index (χ3v) is 5.77. The number of rotatable bonds is 4. The normalized spacial score (nSPS) is 16.7. The maximum atomic E-state index is 13.2. The number of nitrogens with one attached hydrogen (secondary N) is 1. The number of imidazole rings is 1. The highest BCUT2D eigenvalue weighted by Gasteiger charge is 2.30. The Kier molecular flexibility index (Phi) is 5.83. The zero-order valence-corrected chi connectivity index (χ0v) is 16.9. The van der Waals surface area contributed by atoms with Crippen molar-refractivity contribution >= 4 is 17.5 Å². The molecule has 154 valence electrons. The van der Waals surface area contributed by atoms with Gasteiger partial charge in [0.05, 0.1) is 18.5 Å². The molecule has 1 fully saturated rings. The number of anilines is 1. The number of aromatic nitrogens is 2. The molecule has 0 radical (unpaired) electrons. The highest BCUT2D eigenvalue weighted by Crippen LogP contribution is 2.26. The molecule has 2 aliphatic heterocycles. The second kappa shape index (κ2) is 8.68. The van der Waals surface area contributed by atoms with Gasteiger partial charge in [0.2, 0.25) is 0 Å². The number of benzene rings is 1. The Balaban J connectivity index is 1.64. The maximum absolute atomic E-state index is 13.2. The number of carbonyl (C=O) groups is 2. The zero-order chi connectivity index (χ0) is 20.2. The van der Waals surface area contributed by atoms with Gasteiger partial charge in [-0.3, -0.25) is 9.59 Å². The molecule has 2 amide bonds. The van der Waals surface area contributed by atoms with Crippen LogP contribution in [0.1, 0.15) is 65.3 Å². The Labute approximate surface area is 171 Å². The molecule has 1 N–H and O–H groups in total. The van der Waals surface area contributed by atoms with Crippen LogP contribution in [0.2, 0.25) is 0 Å². The average Bonchev–Trinajstić information content (AvgIpc) is 2.93. The van der Waals surface area contributed by atoms with E-state index in [1.807, 2.05) is 21.6 Å². The minimum Gasteiger partial charge on any atom is -0.495 e. The van der Waals surface area contributed by atoms with Crippen LogP contribution in [0.15, 0.2) is 24.3 Å². The van der Waals surface area contributed by atoms with Gasteiger partial charge in [0.1, 0.15) is 5.75 Å². The summed E-state index contributed by atoms with van der Waals surface area (Å²) in [6.45, 7) is 2.27. The lowest BCUT2D eigenvalue weighted by Crippen LogP contribution is -2.34. The largest absolute Gasteiger partial charge is 0.495 e. The Morgan fingerprint density at radius 3 is 2.48 bits per heavy atom. The average molecular weight is 396 g/mol. The second-order valence-electron chi connectivity index (χ2n) is 7.70. The third kappa shape index (κ3) is 3.99. The predicted octanol–water partition coefficient (Wildman–Crippen LogP) is 3.50. The van der Waals surface area contributed by atoms with Gasteiger partial charge in [0.25, 0.3) is 11.8 Å². The molecule has 7 heteroatoms. The Morgan fingerprint density at radius 2 is 1.72 bits per heavy atom. The number of likely N-dealkylation sites (tertiary alicyclic amines) is 1. The van der Waals surface area contributed by atoms with Crippen molar-refractivity contribution < 1.29 is 14.3 Å². The van der Waals surface area contributed by atoms with Gasteiger partial charge in [0, 0.05) is 19.6 Å². The number of fused-ring (bicyclic) bond motifs is 1. The molecule has 0 spiro atoms. The van der Waals surface area contributed by atoms with Gasteiger partial charge in [-0.15, -0.1) is 0 Å². The molecule has 1 aromatic heterocycles. The van der Waals surface area contributed by atoms with E-state index in [9.17, 15) is 9.59 Å². The second-order valence-corrected chi connectivity index (χ2v) is 7.70. The Bertz CT molecular complexity index is 897. The maximum Gasteiger partial charge on any atom is 0.289 e. The van der Waals surface area contributed by atoms with Gasteiger partial charge < -0.3 is 19.5 Å². The van der Waals surface area contributed by atoms with Crippen LogP contribution in [-0.2, 0) is 13.0 Å². The topological polar surface area (TPSA) is 76.5 Å². The molecule has 0 aliphatic carbocycles. The van der Waals surface area contributed by atoms with Crippen molar-refractivity contribution in [1.82, 2.24) is 14.5 Å². The summed E-state index contributed by atoms with van der Waals surface area (Å²) in [6.07, 6.45) is 7.14. The van der Waals surface area contributed by atoms with Gasteiger partial charge in [-0.25, -0.2) is 4.98 Å². The fourth-order valence-corrected chi connectivity index (χ4v) is 4.23. The van der Waals surface area contributed by atoms with E-state index in [1.54, 1.807) is 19.2 Å². The number of hydrogen-bond donors (Lipinski definition) is 1. The molecule has 1 aromatic carbocycles. The lowest BCUT2D eigenvalue weighted by Gasteiger charge is -2.22. The quantitative estimate of drug-likeness (QED) is 0.858. The molecule has 0 bridgehead atoms. The van der Waals surface area contributed by atoms with E-state index in [2.05, 4.69) is 10.3 Å². The van der Waals surface area contributed by atoms with Gasteiger partial charge in [-0.1, -0.05) is 25.0 Å². The highest BCUT2D eigenvalue weighted by molar-refractivity contribution is 6.05. The van der Waals surface area contributed by atoms with Gasteiger partial charge >= 0.3 is 0 Å². The lowest BCUT2D eigenvalue weighted by molar-refractivity contribution is 0.0743. The van der Waals surface area contributed by atoms with Crippen LogP contribution >= 0.6 is 0 Å². The SMILES string of the molecule is COc1ccccc1NC(=O)c1nc(C(=O)N2CCCCCC2)n2c1CCCC2. The van der Waals surface area contributed by atoms with E-state index < -0.39 is 0 Å². The van der Waals surface area contributed by atoms with E-state index in [1.165, 1.54) is 0 Å². The summed E-state index contributed by atoms with van der Waals surface area (Å²) in [5, 5.41) is 2.90. The van der Waals surface area contributed by atoms with E-state index in [0.717, 1.165) is 70.3 Å². The third-order valence-electron chi connectivity index (χ3n) is 5.77. The highest BCUT2D eigenvalue weighted by atomic mass is 16.5. The first kappa shape index (κ1) is 19.5. The van der Waals surface area contributed by atoms with Crippen molar-refractivity contribution in [2.45, 2.75) is 51.5 Å². The monoisotopic (exact) mass is 396 g/mol. The van der Waals surface area contributed by atoms with E-state index >= 15 is 0 Å². The van der Waals surface area contributed by atoms with Crippen LogP contribution in [0.4, 0.5) is 5.69 Å². The molecule has 2 aliphatic rings. The summed E-state index contributed by atoms with van der Waals surface area (Å²) in [6, 6.07) is 7.29. The molecular formula is C22H28N4O3. The van der Waals surface area contributed by atoms with Crippen LogP contribution in [0.5, 0.6) is 5.75 Å². The Hall–Kier alpha value is -2.83. The van der Waals surface area contributed by atoms with Crippen molar-refractivity contribution in [3.63, 3.8) is 0 Å². The fraction of sp³-hybridized carbons (Fsp3) is 0.500. The molecule has 7 nitrogen and oxygen atoms in total. The van der Waals surface area contributed by atoms with Gasteiger partial charge in [0.15, 0.2) is 11.5 Å². The molecule has 0 saturated carbocycles. The summed E-state index contributed by atoms with van der Waals surface area (Å²) in [5.41, 5.74) is 1.81. The van der Waals surface area contributed by atoms with Crippen molar-refractivity contribution in [1.29, 1.82) is 0 Å². The smallest absolute Gasteiger partial charge is 0.289 e. The molecule has 3 heterocycles. The van der Waals surface area contributed by atoms with Crippen LogP contribution < -0.4 is 10.1 Å². The van der Waals surface area contributed by atoms with E-state index in [0.29, 0.717) is 23.0 Å². The molecular weight excluding hydrogens is 368 g/mol.